The number of anilines is 2. The van der Waals surface area contributed by atoms with Gasteiger partial charge in [0.05, 0.1) is 19.8 Å². The van der Waals surface area contributed by atoms with Crippen molar-refractivity contribution >= 4 is 35.3 Å². The highest BCUT2D eigenvalue weighted by Gasteiger charge is 2.25. The minimum Gasteiger partial charge on any atom is -0.507 e. The largest absolute Gasteiger partial charge is 0.507 e. The van der Waals surface area contributed by atoms with Gasteiger partial charge in [-0.2, -0.15) is 0 Å². The zero-order chi connectivity index (χ0) is 44.5. The lowest BCUT2D eigenvalue weighted by molar-refractivity contribution is -0.111. The van der Waals surface area contributed by atoms with E-state index in [4.69, 9.17) is 14.2 Å². The van der Waals surface area contributed by atoms with Crippen molar-refractivity contribution in [1.29, 1.82) is 0 Å². The van der Waals surface area contributed by atoms with Gasteiger partial charge in [-0.1, -0.05) is 62.4 Å². The van der Waals surface area contributed by atoms with Crippen LogP contribution in [-0.4, -0.2) is 69.6 Å². The number of methoxy groups -OCH3 is 1. The number of amides is 2. The summed E-state index contributed by atoms with van der Waals surface area (Å²) in [4.78, 5) is 29.0. The molecule has 0 radical (unpaired) electrons. The molecule has 2 amide bonds. The summed E-state index contributed by atoms with van der Waals surface area (Å²) in [5, 5.41) is 30.0. The van der Waals surface area contributed by atoms with Crippen LogP contribution in [0.4, 0.5) is 16.2 Å². The number of urea groups is 1. The van der Waals surface area contributed by atoms with Crippen molar-refractivity contribution < 1.29 is 34.0 Å². The fraction of sp³-hybridized carbons (Fsp3) is 0.321. The first-order valence-electron chi connectivity index (χ1n) is 22.0. The van der Waals surface area contributed by atoms with E-state index in [1.165, 1.54) is 0 Å². The van der Waals surface area contributed by atoms with Crippen LogP contribution in [0.1, 0.15) is 95.2 Å². The summed E-state index contributed by atoms with van der Waals surface area (Å²) in [6.07, 6.45) is 8.16. The number of rotatable bonds is 13. The summed E-state index contributed by atoms with van der Waals surface area (Å²) in [7, 11) is 5.60. The minimum atomic E-state index is -0.379. The molecular formula is C53H59N3O7. The van der Waals surface area contributed by atoms with Gasteiger partial charge in [-0.05, 0) is 119 Å². The number of phenolic OH excluding ortho intramolecular Hbond substituents is 2. The number of ketones is 1. The zero-order valence-corrected chi connectivity index (χ0v) is 37.1. The average Bonchev–Trinajstić information content (AvgIpc) is 3.60. The standard InChI is InChI=1S/C53H59N3O7/c1-6-21-62-51-38-10-8-12-40(51)30-44-32-46(55-53(60)54-20-23-61-5)33-45(50(44)59)31-41-13-9-11-39(52(41)63-22-7-2)29-43-27-35(26-42(28-38)49(43)58)25-37-17-16-36(48(37)57)24-34-14-18-47(19-15-34)56(3)4/h8-15,18-19,24-27,32-33,58-59H,6-7,16-17,20-23,28-31H2,1-5H3,(H2,54,55,60)/b36-24+,37-25+. The molecule has 0 heterocycles. The van der Waals surface area contributed by atoms with Crippen molar-refractivity contribution in [2.24, 2.45) is 0 Å². The molecule has 4 N–H and O–H groups in total. The molecule has 0 aliphatic heterocycles. The molecule has 328 valence electrons. The third-order valence-electron chi connectivity index (χ3n) is 11.5. The lowest BCUT2D eigenvalue weighted by Crippen LogP contribution is -2.31. The van der Waals surface area contributed by atoms with Crippen molar-refractivity contribution in [3.8, 4) is 23.0 Å². The quantitative estimate of drug-likeness (QED) is 0.0514. The van der Waals surface area contributed by atoms with Gasteiger partial charge in [0.1, 0.15) is 23.0 Å². The van der Waals surface area contributed by atoms with E-state index in [2.05, 4.69) is 41.5 Å². The number of benzene rings is 5. The van der Waals surface area contributed by atoms with Crippen molar-refractivity contribution in [2.75, 3.05) is 57.8 Å². The second kappa shape index (κ2) is 20.6. The number of hydrogen-bond donors (Lipinski definition) is 4. The number of nitrogens with zero attached hydrogens (tertiary/aromatic N) is 1. The van der Waals surface area contributed by atoms with Gasteiger partial charge in [-0.15, -0.1) is 0 Å². The summed E-state index contributed by atoms with van der Waals surface area (Å²) in [6, 6.07) is 27.4. The summed E-state index contributed by atoms with van der Waals surface area (Å²) < 4.78 is 18.1. The molecule has 5 aromatic rings. The number of phenols is 2. The summed E-state index contributed by atoms with van der Waals surface area (Å²) >= 11 is 0. The fourth-order valence-corrected chi connectivity index (χ4v) is 8.37. The second-order valence-electron chi connectivity index (χ2n) is 16.6. The normalized spacial score (nSPS) is 14.8. The summed E-state index contributed by atoms with van der Waals surface area (Å²) in [6.45, 7) is 5.77. The van der Waals surface area contributed by atoms with Crippen LogP contribution in [0.3, 0.4) is 0 Å². The molecule has 0 saturated heterocycles. The van der Waals surface area contributed by atoms with Gasteiger partial charge >= 0.3 is 6.03 Å². The Morgan fingerprint density at radius 1 is 0.651 bits per heavy atom. The highest BCUT2D eigenvalue weighted by Crippen LogP contribution is 2.40. The molecule has 10 heteroatoms. The molecule has 1 saturated carbocycles. The van der Waals surface area contributed by atoms with Crippen LogP contribution < -0.4 is 25.0 Å². The van der Waals surface area contributed by atoms with Gasteiger partial charge in [-0.25, -0.2) is 4.79 Å². The van der Waals surface area contributed by atoms with Crippen LogP contribution in [0.5, 0.6) is 23.0 Å². The van der Waals surface area contributed by atoms with Crippen molar-refractivity contribution in [2.45, 2.75) is 65.2 Å². The van der Waals surface area contributed by atoms with Crippen molar-refractivity contribution in [3.63, 3.8) is 0 Å². The smallest absolute Gasteiger partial charge is 0.319 e. The molecule has 0 spiro atoms. The number of carbonyl (C=O) groups excluding carboxylic acids is 2. The Morgan fingerprint density at radius 3 is 1.56 bits per heavy atom. The number of fused-ring (bicyclic) bond motifs is 8. The van der Waals surface area contributed by atoms with Gasteiger partial charge in [0, 0.05) is 87.1 Å². The fourth-order valence-electron chi connectivity index (χ4n) is 8.37. The van der Waals surface area contributed by atoms with Crippen molar-refractivity contribution in [3.05, 3.63) is 152 Å². The molecule has 0 unspecified atom stereocenters. The number of nitrogens with one attached hydrogen (secondary N) is 2. The second-order valence-corrected chi connectivity index (χ2v) is 16.6. The van der Waals surface area contributed by atoms with Crippen LogP contribution in [0.25, 0.3) is 12.2 Å². The van der Waals surface area contributed by atoms with Gasteiger partial charge in [0.15, 0.2) is 5.78 Å². The average molecular weight is 850 g/mol. The third-order valence-corrected chi connectivity index (χ3v) is 11.5. The van der Waals surface area contributed by atoms with E-state index in [-0.39, 0.29) is 23.3 Å². The molecule has 8 bridgehead atoms. The maximum Gasteiger partial charge on any atom is 0.319 e. The molecular weight excluding hydrogens is 791 g/mol. The predicted octanol–water partition coefficient (Wildman–Crippen LogP) is 10.0. The topological polar surface area (TPSA) is 130 Å². The van der Waals surface area contributed by atoms with Gasteiger partial charge in [0.25, 0.3) is 0 Å². The molecule has 2 aliphatic carbocycles. The lowest BCUT2D eigenvalue weighted by atomic mass is 9.90. The zero-order valence-electron chi connectivity index (χ0n) is 37.1. The molecule has 5 aromatic carbocycles. The lowest BCUT2D eigenvalue weighted by Gasteiger charge is -2.21. The van der Waals surface area contributed by atoms with E-state index in [9.17, 15) is 19.8 Å². The maximum atomic E-state index is 13.9. The first-order valence-corrected chi connectivity index (χ1v) is 22.0. The molecule has 10 nitrogen and oxygen atoms in total. The van der Waals surface area contributed by atoms with Gasteiger partial charge in [0.2, 0.25) is 0 Å². The summed E-state index contributed by atoms with van der Waals surface area (Å²) in [5.41, 5.74) is 11.1. The van der Waals surface area contributed by atoms with Crippen molar-refractivity contribution in [1.82, 2.24) is 5.32 Å². The molecule has 0 aromatic heterocycles. The van der Waals surface area contributed by atoms with E-state index < -0.39 is 0 Å². The Hall–Kier alpha value is -6.52. The SMILES string of the molecule is CCCOc1c2cccc1Cc1cc(NC(=O)NCCOC)cc(c1O)Cc1cccc(c1OCCC)Cc1cc(/C=C3\CC/C(=C\c4ccc(N(C)C)cc4)C3=O)cc(c1O)C2. The van der Waals surface area contributed by atoms with Gasteiger partial charge in [-0.3, -0.25) is 4.79 Å². The van der Waals surface area contributed by atoms with E-state index >= 15 is 0 Å². The monoisotopic (exact) mass is 849 g/mol. The Labute approximate surface area is 371 Å². The number of Topliss-reactive ketones (excluding diaryl/α,β-unsaturated/α-hetero) is 1. The first kappa shape index (κ1) is 44.5. The predicted molar refractivity (Wildman–Crippen MR) is 252 cm³/mol. The summed E-state index contributed by atoms with van der Waals surface area (Å²) in [5.74, 6) is 1.73. The maximum absolute atomic E-state index is 13.9. The van der Waals surface area contributed by atoms with E-state index in [0.717, 1.165) is 63.1 Å². The molecule has 0 atom stereocenters. The van der Waals surface area contributed by atoms with E-state index in [0.29, 0.717) is 104 Å². The number of para-hydroxylation sites is 2. The highest BCUT2D eigenvalue weighted by atomic mass is 16.5. The van der Waals surface area contributed by atoms with Crippen LogP contribution in [0, 0.1) is 0 Å². The van der Waals surface area contributed by atoms with Gasteiger partial charge < -0.3 is 40.0 Å². The Bertz CT molecular complexity index is 2420. The van der Waals surface area contributed by atoms with E-state index in [1.54, 1.807) is 19.2 Å². The third kappa shape index (κ3) is 10.8. The molecule has 2 aliphatic rings. The Kier molecular flexibility index (Phi) is 14.5. The molecule has 7 rings (SSSR count). The van der Waals surface area contributed by atoms with Crippen LogP contribution >= 0.6 is 0 Å². The number of ether oxygens (including phenoxy) is 3. The Balaban J connectivity index is 1.34. The molecule has 63 heavy (non-hydrogen) atoms. The van der Waals surface area contributed by atoms with Crippen LogP contribution in [-0.2, 0) is 35.2 Å². The van der Waals surface area contributed by atoms with Crippen LogP contribution in [0.2, 0.25) is 0 Å². The Morgan fingerprint density at radius 2 is 1.11 bits per heavy atom. The van der Waals surface area contributed by atoms with Crippen LogP contribution in [0.15, 0.2) is 96.1 Å². The number of carbonyl (C=O) groups is 2. The number of hydrogen-bond acceptors (Lipinski definition) is 8. The minimum absolute atomic E-state index is 0.0414. The number of aromatic hydroxyl groups is 2. The molecule has 1 fully saturated rings. The first-order chi connectivity index (χ1) is 30.5. The number of allylic oxidation sites excluding steroid dienone is 2. The highest BCUT2D eigenvalue weighted by molar-refractivity contribution is 6.15. The van der Waals surface area contributed by atoms with E-state index in [1.807, 2.05) is 86.9 Å².